The molecule has 0 fully saturated rings. The molecule has 5 nitrogen and oxygen atoms in total. The highest BCUT2D eigenvalue weighted by Crippen LogP contribution is 2.19. The number of thioether (sulfide) groups is 1. The number of furan rings is 1. The van der Waals surface area contributed by atoms with E-state index < -0.39 is 10.0 Å². The lowest BCUT2D eigenvalue weighted by Crippen LogP contribution is -2.17. The Morgan fingerprint density at radius 3 is 2.45 bits per heavy atom. The van der Waals surface area contributed by atoms with E-state index in [2.05, 4.69) is 10.0 Å². The molecule has 0 saturated carbocycles. The van der Waals surface area contributed by atoms with Crippen molar-refractivity contribution in [3.05, 3.63) is 42.2 Å². The summed E-state index contributed by atoms with van der Waals surface area (Å²) in [6.45, 7) is 0.428. The average Bonchev–Trinajstić information content (AvgIpc) is 2.95. The van der Waals surface area contributed by atoms with Gasteiger partial charge in [-0.3, -0.25) is 0 Å². The van der Waals surface area contributed by atoms with Crippen molar-refractivity contribution in [3.8, 4) is 0 Å². The van der Waals surface area contributed by atoms with E-state index in [1.165, 1.54) is 18.0 Å². The van der Waals surface area contributed by atoms with Gasteiger partial charge in [-0.1, -0.05) is 0 Å². The molecular formula is C13H16N2O3S2. The average molecular weight is 312 g/mol. The van der Waals surface area contributed by atoms with Gasteiger partial charge in [0, 0.05) is 10.6 Å². The highest BCUT2D eigenvalue weighted by Gasteiger charge is 2.15. The first-order valence-electron chi connectivity index (χ1n) is 5.95. The Morgan fingerprint density at radius 2 is 1.85 bits per heavy atom. The van der Waals surface area contributed by atoms with Crippen LogP contribution >= 0.6 is 11.8 Å². The zero-order chi connectivity index (χ0) is 14.6. The first kappa shape index (κ1) is 15.0. The number of nitrogens with one attached hydrogen (secondary N) is 2. The molecule has 2 rings (SSSR count). The Kier molecular flexibility index (Phi) is 4.74. The number of hydrogen-bond acceptors (Lipinski definition) is 5. The molecule has 0 aliphatic carbocycles. The van der Waals surface area contributed by atoms with Crippen LogP contribution in [0.1, 0.15) is 5.76 Å². The molecule has 0 radical (unpaired) electrons. The largest absolute Gasteiger partial charge is 0.446 e. The monoisotopic (exact) mass is 312 g/mol. The van der Waals surface area contributed by atoms with Crippen molar-refractivity contribution in [3.63, 3.8) is 0 Å². The van der Waals surface area contributed by atoms with Crippen LogP contribution in [-0.4, -0.2) is 21.7 Å². The van der Waals surface area contributed by atoms with Crippen molar-refractivity contribution in [1.82, 2.24) is 4.72 Å². The number of anilines is 1. The number of hydrogen-bond donors (Lipinski definition) is 2. The van der Waals surface area contributed by atoms with Gasteiger partial charge in [0.2, 0.25) is 5.09 Å². The Bertz CT molecular complexity index is 663. The number of rotatable bonds is 6. The van der Waals surface area contributed by atoms with Crippen LogP contribution in [0.2, 0.25) is 0 Å². The lowest BCUT2D eigenvalue weighted by atomic mass is 10.3. The lowest BCUT2D eigenvalue weighted by Gasteiger charge is -2.05. The van der Waals surface area contributed by atoms with Gasteiger partial charge < -0.3 is 9.73 Å². The highest BCUT2D eigenvalue weighted by molar-refractivity contribution is 7.98. The van der Waals surface area contributed by atoms with E-state index in [1.54, 1.807) is 17.8 Å². The van der Waals surface area contributed by atoms with Gasteiger partial charge in [-0.05, 0) is 49.7 Å². The predicted molar refractivity (Wildman–Crippen MR) is 80.5 cm³/mol. The zero-order valence-electron chi connectivity index (χ0n) is 11.2. The van der Waals surface area contributed by atoms with E-state index >= 15 is 0 Å². The zero-order valence-corrected chi connectivity index (χ0v) is 12.8. The van der Waals surface area contributed by atoms with Gasteiger partial charge in [-0.15, -0.1) is 11.8 Å². The van der Waals surface area contributed by atoms with Crippen LogP contribution in [-0.2, 0) is 16.6 Å². The van der Waals surface area contributed by atoms with Crippen molar-refractivity contribution in [2.24, 2.45) is 0 Å². The normalized spacial score (nSPS) is 11.5. The lowest BCUT2D eigenvalue weighted by molar-refractivity contribution is 0.417. The summed E-state index contributed by atoms with van der Waals surface area (Å²) in [5.41, 5.74) is 0.956. The van der Waals surface area contributed by atoms with E-state index in [-0.39, 0.29) is 5.09 Å². The second-order valence-corrected chi connectivity index (χ2v) is 6.71. The predicted octanol–water partition coefficient (Wildman–Crippen LogP) is 2.52. The summed E-state index contributed by atoms with van der Waals surface area (Å²) < 4.78 is 30.6. The summed E-state index contributed by atoms with van der Waals surface area (Å²) in [4.78, 5) is 1.19. The minimum absolute atomic E-state index is 0.0745. The van der Waals surface area contributed by atoms with Crippen LogP contribution in [0.5, 0.6) is 0 Å². The maximum atomic E-state index is 11.5. The van der Waals surface area contributed by atoms with Crippen LogP contribution in [0.3, 0.4) is 0 Å². The third-order valence-corrected chi connectivity index (χ3v) is 4.76. The van der Waals surface area contributed by atoms with Crippen molar-refractivity contribution in [2.45, 2.75) is 16.5 Å². The first-order chi connectivity index (χ1) is 9.55. The maximum Gasteiger partial charge on any atom is 0.273 e. The van der Waals surface area contributed by atoms with Crippen LogP contribution in [0.15, 0.2) is 50.8 Å². The highest BCUT2D eigenvalue weighted by atomic mass is 32.2. The Balaban J connectivity index is 2.00. The molecule has 0 amide bonds. The third-order valence-electron chi connectivity index (χ3n) is 2.73. The smallest absolute Gasteiger partial charge is 0.273 e. The van der Waals surface area contributed by atoms with E-state index in [4.69, 9.17) is 4.42 Å². The Hall–Kier alpha value is -1.44. The second kappa shape index (κ2) is 6.34. The van der Waals surface area contributed by atoms with Crippen molar-refractivity contribution in [2.75, 3.05) is 18.6 Å². The van der Waals surface area contributed by atoms with Gasteiger partial charge in [0.25, 0.3) is 10.0 Å². The molecule has 2 aromatic rings. The van der Waals surface area contributed by atoms with Crippen LogP contribution in [0.4, 0.5) is 5.69 Å². The van der Waals surface area contributed by atoms with Gasteiger partial charge in [-0.2, -0.15) is 0 Å². The van der Waals surface area contributed by atoms with Crippen molar-refractivity contribution < 1.29 is 12.8 Å². The Labute approximate surface area is 122 Å². The second-order valence-electron chi connectivity index (χ2n) is 4.01. The minimum atomic E-state index is -3.52. The molecule has 1 heterocycles. The third kappa shape index (κ3) is 3.56. The van der Waals surface area contributed by atoms with E-state index in [9.17, 15) is 8.42 Å². The van der Waals surface area contributed by atoms with Gasteiger partial charge in [0.15, 0.2) is 0 Å². The van der Waals surface area contributed by atoms with Crippen LogP contribution < -0.4 is 10.0 Å². The quantitative estimate of drug-likeness (QED) is 0.802. The number of benzene rings is 1. The maximum absolute atomic E-state index is 11.5. The molecular weight excluding hydrogens is 296 g/mol. The number of sulfonamides is 1. The summed E-state index contributed by atoms with van der Waals surface area (Å²) in [7, 11) is -2.17. The molecule has 108 valence electrons. The standard InChI is InChI=1S/C13H16N2O3S2/c1-14-20(16,17)13-8-5-11(18-13)9-15-10-3-6-12(19-2)7-4-10/h3-8,14-15H,9H2,1-2H3. The molecule has 0 aliphatic rings. The molecule has 0 spiro atoms. The summed E-state index contributed by atoms with van der Waals surface area (Å²) >= 11 is 1.68. The fraction of sp³-hybridized carbons (Fsp3) is 0.231. The van der Waals surface area contributed by atoms with Gasteiger partial charge in [-0.25, -0.2) is 13.1 Å². The van der Waals surface area contributed by atoms with Gasteiger partial charge in [0.05, 0.1) is 6.54 Å². The summed E-state index contributed by atoms with van der Waals surface area (Å²) in [6.07, 6.45) is 2.02. The minimum Gasteiger partial charge on any atom is -0.446 e. The van der Waals surface area contributed by atoms with Crippen molar-refractivity contribution >= 4 is 27.5 Å². The summed E-state index contributed by atoms with van der Waals surface area (Å²) in [6, 6.07) is 11.1. The van der Waals surface area contributed by atoms with Gasteiger partial charge >= 0.3 is 0 Å². The molecule has 1 aromatic carbocycles. The molecule has 0 aliphatic heterocycles. The molecule has 7 heteroatoms. The summed E-state index contributed by atoms with van der Waals surface area (Å²) in [5.74, 6) is 0.563. The van der Waals surface area contributed by atoms with Crippen molar-refractivity contribution in [1.29, 1.82) is 0 Å². The van der Waals surface area contributed by atoms with Gasteiger partial charge in [0.1, 0.15) is 5.76 Å². The molecule has 2 N–H and O–H groups in total. The van der Waals surface area contributed by atoms with E-state index in [1.807, 2.05) is 30.5 Å². The van der Waals surface area contributed by atoms with Crippen LogP contribution in [0.25, 0.3) is 0 Å². The molecule has 0 saturated heterocycles. The van der Waals surface area contributed by atoms with E-state index in [0.717, 1.165) is 5.69 Å². The topological polar surface area (TPSA) is 71.3 Å². The summed E-state index contributed by atoms with van der Waals surface area (Å²) in [5, 5.41) is 3.10. The first-order valence-corrected chi connectivity index (χ1v) is 8.66. The van der Waals surface area contributed by atoms with Crippen LogP contribution in [0, 0.1) is 0 Å². The molecule has 0 atom stereocenters. The fourth-order valence-electron chi connectivity index (χ4n) is 1.60. The van der Waals surface area contributed by atoms with E-state index in [0.29, 0.717) is 12.3 Å². The Morgan fingerprint density at radius 1 is 1.15 bits per heavy atom. The SMILES string of the molecule is CNS(=O)(=O)c1ccc(CNc2ccc(SC)cc2)o1. The fourth-order valence-corrected chi connectivity index (χ4v) is 2.67. The molecule has 20 heavy (non-hydrogen) atoms. The molecule has 1 aromatic heterocycles. The molecule has 0 bridgehead atoms. The molecule has 0 unspecified atom stereocenters.